The molecule has 0 atom stereocenters. The van der Waals surface area contributed by atoms with Crippen LogP contribution in [0.1, 0.15) is 13.8 Å². The fraction of sp³-hybridized carbons (Fsp3) is 0.667. The lowest BCUT2D eigenvalue weighted by atomic mass is 10.4. The SMILES string of the molecule is CC(C)N1[CH]NN(C)[CH]1. The average molecular weight is 127 g/mol. The summed E-state index contributed by atoms with van der Waals surface area (Å²) >= 11 is 0. The molecular weight excluding hydrogens is 114 g/mol. The monoisotopic (exact) mass is 127 g/mol. The van der Waals surface area contributed by atoms with Gasteiger partial charge in [-0.25, -0.2) is 10.4 Å². The number of nitrogens with one attached hydrogen (secondary N) is 1. The van der Waals surface area contributed by atoms with Gasteiger partial charge in [0.2, 0.25) is 0 Å². The van der Waals surface area contributed by atoms with Crippen LogP contribution in [0.2, 0.25) is 0 Å². The van der Waals surface area contributed by atoms with Gasteiger partial charge in [-0.15, -0.1) is 0 Å². The highest BCUT2D eigenvalue weighted by atomic mass is 15.6. The fourth-order valence-electron chi connectivity index (χ4n) is 0.707. The maximum absolute atomic E-state index is 3.03. The molecule has 1 aliphatic heterocycles. The molecule has 0 aromatic rings. The summed E-state index contributed by atoms with van der Waals surface area (Å²) in [6.07, 6.45) is 0. The number of rotatable bonds is 1. The Balaban J connectivity index is 2.30. The van der Waals surface area contributed by atoms with Gasteiger partial charge in [0, 0.05) is 13.1 Å². The smallest absolute Gasteiger partial charge is 0.108 e. The molecule has 3 nitrogen and oxygen atoms in total. The first-order valence-corrected chi connectivity index (χ1v) is 3.15. The molecule has 3 heteroatoms. The summed E-state index contributed by atoms with van der Waals surface area (Å²) in [5.41, 5.74) is 3.03. The van der Waals surface area contributed by atoms with Crippen molar-refractivity contribution >= 4 is 0 Å². The van der Waals surface area contributed by atoms with Crippen molar-refractivity contribution in [2.24, 2.45) is 0 Å². The van der Waals surface area contributed by atoms with Crippen LogP contribution in [0.25, 0.3) is 0 Å². The van der Waals surface area contributed by atoms with Crippen LogP contribution in [-0.2, 0) is 0 Å². The molecule has 2 radical (unpaired) electrons. The quantitative estimate of drug-likeness (QED) is 0.549. The van der Waals surface area contributed by atoms with Crippen LogP contribution >= 0.6 is 0 Å². The number of nitrogens with zero attached hydrogens (tertiary/aromatic N) is 2. The summed E-state index contributed by atoms with van der Waals surface area (Å²) in [6.45, 7) is 8.26. The molecular formula is C6H13N3. The molecule has 52 valence electrons. The van der Waals surface area contributed by atoms with Crippen molar-refractivity contribution in [2.75, 3.05) is 7.05 Å². The van der Waals surface area contributed by atoms with E-state index in [4.69, 9.17) is 0 Å². The van der Waals surface area contributed by atoms with E-state index in [0.29, 0.717) is 6.04 Å². The zero-order valence-electron chi connectivity index (χ0n) is 6.13. The maximum Gasteiger partial charge on any atom is 0.108 e. The predicted molar refractivity (Wildman–Crippen MR) is 36.5 cm³/mol. The molecule has 1 saturated heterocycles. The van der Waals surface area contributed by atoms with Crippen LogP contribution in [0.15, 0.2) is 0 Å². The standard InChI is InChI=1S/C6H13N3/c1-6(2)9-4-7-8(3)5-9/h4-7H,1-3H3. The van der Waals surface area contributed by atoms with Gasteiger partial charge in [-0.3, -0.25) is 4.90 Å². The van der Waals surface area contributed by atoms with E-state index in [-0.39, 0.29) is 0 Å². The highest BCUT2D eigenvalue weighted by molar-refractivity contribution is 4.82. The van der Waals surface area contributed by atoms with Crippen molar-refractivity contribution in [3.05, 3.63) is 13.3 Å². The summed E-state index contributed by atoms with van der Waals surface area (Å²) in [6, 6.07) is 0.544. The molecule has 1 heterocycles. The molecule has 1 rings (SSSR count). The average Bonchev–Trinajstić information content (AvgIpc) is 2.14. The van der Waals surface area contributed by atoms with E-state index < -0.39 is 0 Å². The number of hydrogen-bond acceptors (Lipinski definition) is 3. The molecule has 0 bridgehead atoms. The molecule has 1 aliphatic rings. The third-order valence-corrected chi connectivity index (χ3v) is 1.31. The van der Waals surface area contributed by atoms with E-state index >= 15 is 0 Å². The van der Waals surface area contributed by atoms with Gasteiger partial charge < -0.3 is 0 Å². The Kier molecular flexibility index (Phi) is 2.05. The lowest BCUT2D eigenvalue weighted by Gasteiger charge is -2.16. The molecule has 0 aliphatic carbocycles. The summed E-state index contributed by atoms with van der Waals surface area (Å²) in [4.78, 5) is 2.11. The van der Waals surface area contributed by atoms with Gasteiger partial charge in [0.25, 0.3) is 0 Å². The number of hydrazine groups is 1. The summed E-state index contributed by atoms with van der Waals surface area (Å²) < 4.78 is 0. The lowest BCUT2D eigenvalue weighted by molar-refractivity contribution is 0.310. The molecule has 9 heavy (non-hydrogen) atoms. The Labute approximate surface area is 56.6 Å². The topological polar surface area (TPSA) is 18.5 Å². The fourth-order valence-corrected chi connectivity index (χ4v) is 0.707. The van der Waals surface area contributed by atoms with Crippen molar-refractivity contribution in [1.29, 1.82) is 0 Å². The van der Waals surface area contributed by atoms with Crippen LogP contribution in [0, 0.1) is 13.3 Å². The predicted octanol–water partition coefficient (Wildman–Crippen LogP) is 0.385. The minimum absolute atomic E-state index is 0.544. The second kappa shape index (κ2) is 2.64. The van der Waals surface area contributed by atoms with Crippen molar-refractivity contribution < 1.29 is 0 Å². The third-order valence-electron chi connectivity index (χ3n) is 1.31. The van der Waals surface area contributed by atoms with Gasteiger partial charge in [0.05, 0.1) is 0 Å². The molecule has 0 aromatic carbocycles. The lowest BCUT2D eigenvalue weighted by Crippen LogP contribution is -2.23. The molecule has 0 saturated carbocycles. The minimum Gasteiger partial charge on any atom is -0.263 e. The van der Waals surface area contributed by atoms with Crippen LogP contribution in [0.4, 0.5) is 0 Å². The van der Waals surface area contributed by atoms with Gasteiger partial charge in [0.15, 0.2) is 0 Å². The Morgan fingerprint density at radius 2 is 2.11 bits per heavy atom. The van der Waals surface area contributed by atoms with Crippen molar-refractivity contribution in [3.8, 4) is 0 Å². The normalized spacial score (nSPS) is 24.0. The minimum atomic E-state index is 0.544. The first kappa shape index (κ1) is 6.99. The molecule has 0 aromatic heterocycles. The maximum atomic E-state index is 3.03. The van der Waals surface area contributed by atoms with Crippen LogP contribution in [-0.4, -0.2) is 23.0 Å². The zero-order valence-corrected chi connectivity index (χ0v) is 6.13. The molecule has 0 unspecified atom stereocenters. The van der Waals surface area contributed by atoms with E-state index in [1.165, 1.54) is 0 Å². The highest BCUT2D eigenvalue weighted by Crippen LogP contribution is 2.09. The molecule has 1 fully saturated rings. The van der Waals surface area contributed by atoms with Crippen molar-refractivity contribution in [1.82, 2.24) is 15.3 Å². The van der Waals surface area contributed by atoms with Gasteiger partial charge >= 0.3 is 0 Å². The molecule has 0 spiro atoms. The van der Waals surface area contributed by atoms with Gasteiger partial charge in [0.1, 0.15) is 13.3 Å². The van der Waals surface area contributed by atoms with E-state index in [0.717, 1.165) is 0 Å². The largest absolute Gasteiger partial charge is 0.263 e. The third kappa shape index (κ3) is 1.64. The highest BCUT2D eigenvalue weighted by Gasteiger charge is 2.18. The van der Waals surface area contributed by atoms with Gasteiger partial charge in [-0.05, 0) is 13.8 Å². The van der Waals surface area contributed by atoms with E-state index in [9.17, 15) is 0 Å². The molecule has 0 amide bonds. The van der Waals surface area contributed by atoms with Crippen LogP contribution in [0.3, 0.4) is 0 Å². The number of hydrogen-bond donors (Lipinski definition) is 1. The first-order chi connectivity index (χ1) is 4.20. The van der Waals surface area contributed by atoms with Gasteiger partial charge in [-0.2, -0.15) is 0 Å². The zero-order chi connectivity index (χ0) is 6.85. The summed E-state index contributed by atoms with van der Waals surface area (Å²) in [5, 5.41) is 1.92. The molecule has 1 N–H and O–H groups in total. The Morgan fingerprint density at radius 1 is 1.44 bits per heavy atom. The second-order valence-corrected chi connectivity index (χ2v) is 2.53. The van der Waals surface area contributed by atoms with Crippen LogP contribution < -0.4 is 5.43 Å². The van der Waals surface area contributed by atoms with Crippen molar-refractivity contribution in [2.45, 2.75) is 19.9 Å². The Morgan fingerprint density at radius 3 is 2.33 bits per heavy atom. The van der Waals surface area contributed by atoms with E-state index in [1.807, 2.05) is 25.4 Å². The Bertz CT molecular complexity index is 92.3. The Hall–Kier alpha value is -0.120. The second-order valence-electron chi connectivity index (χ2n) is 2.53. The van der Waals surface area contributed by atoms with Crippen LogP contribution in [0.5, 0.6) is 0 Å². The van der Waals surface area contributed by atoms with E-state index in [2.05, 4.69) is 24.2 Å². The van der Waals surface area contributed by atoms with E-state index in [1.54, 1.807) is 0 Å². The van der Waals surface area contributed by atoms with Crippen molar-refractivity contribution in [3.63, 3.8) is 0 Å². The first-order valence-electron chi connectivity index (χ1n) is 3.15. The van der Waals surface area contributed by atoms with Gasteiger partial charge in [-0.1, -0.05) is 0 Å². The summed E-state index contributed by atoms with van der Waals surface area (Å²) in [7, 11) is 1.97. The summed E-state index contributed by atoms with van der Waals surface area (Å²) in [5.74, 6) is 0.